The molecule has 0 heterocycles. The highest BCUT2D eigenvalue weighted by Crippen LogP contribution is 2.40. The van der Waals surface area contributed by atoms with E-state index in [2.05, 4.69) is 208 Å². The van der Waals surface area contributed by atoms with Gasteiger partial charge in [0.15, 0.2) is 0 Å². The van der Waals surface area contributed by atoms with Gasteiger partial charge >= 0.3 is 0 Å². The maximum atomic E-state index is 3.88. The van der Waals surface area contributed by atoms with Gasteiger partial charge in [0.25, 0.3) is 0 Å². The molecular formula is C46H58N2Si. The van der Waals surface area contributed by atoms with E-state index in [9.17, 15) is 0 Å². The van der Waals surface area contributed by atoms with Crippen LogP contribution in [0.15, 0.2) is 109 Å². The number of hydrogen-bond acceptors (Lipinski definition) is 2. The van der Waals surface area contributed by atoms with Crippen molar-refractivity contribution in [3.05, 3.63) is 131 Å². The predicted octanol–water partition coefficient (Wildman–Crippen LogP) is 13.3. The summed E-state index contributed by atoms with van der Waals surface area (Å²) < 4.78 is 0. The molecule has 0 aliphatic rings. The zero-order valence-corrected chi connectivity index (χ0v) is 33.3. The maximum Gasteiger partial charge on any atom is 0.0776 e. The number of nitrogens with zero attached hydrogens (tertiary/aromatic N) is 1. The van der Waals surface area contributed by atoms with Gasteiger partial charge in [-0.2, -0.15) is 0 Å². The molecule has 1 N–H and O–H groups in total. The SMILES string of the molecule is Cc1cc(Nc2ccc([Si](C)(C)C)cc2-c2ccc(C(C)(C)C)cc2)cc(N(c2ccc(C(C)(C)C)cc2)c2ccc(C(C)(C)C)cc2)c1. The molecule has 0 fully saturated rings. The second-order valence-corrected chi connectivity index (χ2v) is 23.0. The average Bonchev–Trinajstić information content (AvgIpc) is 3.00. The van der Waals surface area contributed by atoms with Crippen LogP contribution in [0.3, 0.4) is 0 Å². The van der Waals surface area contributed by atoms with Crippen LogP contribution in [0.25, 0.3) is 11.1 Å². The van der Waals surface area contributed by atoms with E-state index in [4.69, 9.17) is 0 Å². The summed E-state index contributed by atoms with van der Waals surface area (Å²) in [7, 11) is -1.53. The van der Waals surface area contributed by atoms with Gasteiger partial charge in [-0.25, -0.2) is 0 Å². The lowest BCUT2D eigenvalue weighted by molar-refractivity contribution is 0.590. The van der Waals surface area contributed by atoms with Gasteiger partial charge in [-0.3, -0.25) is 0 Å². The standard InChI is InChI=1S/C46H58N2Si/c1-32-28-37(47-43-27-26-41(49(11,12)13)31-42(43)33-14-16-34(17-15-33)44(2,3)4)30-40(29-32)48(38-22-18-35(19-23-38)45(5,6)7)39-24-20-36(21-25-39)46(8,9)10/h14-31,47H,1-13H3. The van der Waals surface area contributed by atoms with Crippen molar-refractivity contribution in [3.8, 4) is 11.1 Å². The molecule has 0 aliphatic carbocycles. The fourth-order valence-corrected chi connectivity index (χ4v) is 7.46. The van der Waals surface area contributed by atoms with Crippen molar-refractivity contribution in [2.45, 2.75) is 105 Å². The first-order valence-corrected chi connectivity index (χ1v) is 21.4. The normalized spacial score (nSPS) is 12.6. The van der Waals surface area contributed by atoms with Crippen LogP contribution in [0, 0.1) is 6.92 Å². The third-order valence-electron chi connectivity index (χ3n) is 9.53. The molecule has 0 saturated heterocycles. The topological polar surface area (TPSA) is 15.3 Å². The first-order valence-electron chi connectivity index (χ1n) is 17.9. The smallest absolute Gasteiger partial charge is 0.0776 e. The minimum atomic E-state index is -1.53. The van der Waals surface area contributed by atoms with Crippen molar-refractivity contribution in [2.24, 2.45) is 0 Å². The van der Waals surface area contributed by atoms with Gasteiger partial charge in [0, 0.05) is 34.0 Å². The van der Waals surface area contributed by atoms with E-state index in [0.717, 1.165) is 28.4 Å². The molecule has 0 atom stereocenters. The van der Waals surface area contributed by atoms with Gasteiger partial charge in [-0.05, 0) is 99.5 Å². The fraction of sp³-hybridized carbons (Fsp3) is 0.348. The van der Waals surface area contributed by atoms with Crippen LogP contribution >= 0.6 is 0 Å². The van der Waals surface area contributed by atoms with E-state index in [-0.39, 0.29) is 16.2 Å². The van der Waals surface area contributed by atoms with Crippen LogP contribution in [0.5, 0.6) is 0 Å². The van der Waals surface area contributed by atoms with Crippen molar-refractivity contribution in [1.82, 2.24) is 0 Å². The summed E-state index contributed by atoms with van der Waals surface area (Å²) in [5, 5.41) is 5.34. The first kappa shape index (κ1) is 36.2. The molecule has 3 heteroatoms. The second kappa shape index (κ2) is 13.3. The van der Waals surface area contributed by atoms with E-state index in [1.165, 1.54) is 38.6 Å². The van der Waals surface area contributed by atoms with Crippen molar-refractivity contribution < 1.29 is 0 Å². The molecule has 49 heavy (non-hydrogen) atoms. The van der Waals surface area contributed by atoms with Gasteiger partial charge in [0.1, 0.15) is 0 Å². The van der Waals surface area contributed by atoms with Crippen molar-refractivity contribution in [1.29, 1.82) is 0 Å². The number of benzene rings is 5. The molecular weight excluding hydrogens is 609 g/mol. The maximum absolute atomic E-state index is 3.88. The van der Waals surface area contributed by atoms with Gasteiger partial charge in [-0.1, -0.05) is 148 Å². The third kappa shape index (κ3) is 8.56. The highest BCUT2D eigenvalue weighted by Gasteiger charge is 2.22. The lowest BCUT2D eigenvalue weighted by Gasteiger charge is -2.29. The molecule has 0 unspecified atom stereocenters. The molecule has 0 bridgehead atoms. The highest BCUT2D eigenvalue weighted by molar-refractivity contribution is 6.88. The summed E-state index contributed by atoms with van der Waals surface area (Å²) in [6.45, 7) is 29.9. The fourth-order valence-electron chi connectivity index (χ4n) is 6.30. The number of rotatable bonds is 7. The van der Waals surface area contributed by atoms with E-state index in [0.29, 0.717) is 0 Å². The first-order chi connectivity index (χ1) is 22.7. The number of anilines is 5. The van der Waals surface area contributed by atoms with Crippen molar-refractivity contribution in [2.75, 3.05) is 10.2 Å². The van der Waals surface area contributed by atoms with Crippen LogP contribution in [0.2, 0.25) is 19.6 Å². The predicted molar refractivity (Wildman–Crippen MR) is 220 cm³/mol. The molecule has 5 aromatic carbocycles. The van der Waals surface area contributed by atoms with Crippen LogP contribution in [-0.4, -0.2) is 8.07 Å². The lowest BCUT2D eigenvalue weighted by atomic mass is 9.86. The second-order valence-electron chi connectivity index (χ2n) is 17.9. The average molecular weight is 667 g/mol. The molecule has 0 aliphatic heterocycles. The Kier molecular flexibility index (Phi) is 9.84. The molecule has 0 radical (unpaired) electrons. The van der Waals surface area contributed by atoms with Gasteiger partial charge in [0.05, 0.1) is 8.07 Å². The summed E-state index contributed by atoms with van der Waals surface area (Å²) in [5.74, 6) is 0. The summed E-state index contributed by atoms with van der Waals surface area (Å²) in [5.41, 5.74) is 13.6. The zero-order valence-electron chi connectivity index (χ0n) is 32.3. The van der Waals surface area contributed by atoms with Crippen LogP contribution in [0.4, 0.5) is 28.4 Å². The Labute approximate surface area is 298 Å². The third-order valence-corrected chi connectivity index (χ3v) is 11.6. The molecule has 0 aromatic heterocycles. The summed E-state index contributed by atoms with van der Waals surface area (Å²) in [6, 6.07) is 41.2. The van der Waals surface area contributed by atoms with E-state index in [1.807, 2.05) is 0 Å². The number of nitrogens with one attached hydrogen (secondary N) is 1. The molecule has 0 saturated carbocycles. The molecule has 5 aromatic rings. The highest BCUT2D eigenvalue weighted by atomic mass is 28.3. The van der Waals surface area contributed by atoms with Crippen LogP contribution in [-0.2, 0) is 16.2 Å². The molecule has 2 nitrogen and oxygen atoms in total. The van der Waals surface area contributed by atoms with Crippen LogP contribution < -0.4 is 15.4 Å². The van der Waals surface area contributed by atoms with Gasteiger partial charge in [-0.15, -0.1) is 0 Å². The van der Waals surface area contributed by atoms with Crippen molar-refractivity contribution in [3.63, 3.8) is 0 Å². The molecule has 5 rings (SSSR count). The summed E-state index contributed by atoms with van der Waals surface area (Å²) in [4.78, 5) is 2.39. The van der Waals surface area contributed by atoms with Crippen LogP contribution in [0.1, 0.15) is 84.6 Å². The number of hydrogen-bond donors (Lipinski definition) is 1. The quantitative estimate of drug-likeness (QED) is 0.174. The van der Waals surface area contributed by atoms with Gasteiger partial charge in [0.2, 0.25) is 0 Å². The number of aryl methyl sites for hydroxylation is 1. The minimum Gasteiger partial charge on any atom is -0.355 e. The minimum absolute atomic E-state index is 0.0912. The van der Waals surface area contributed by atoms with Crippen molar-refractivity contribution >= 4 is 41.7 Å². The molecule has 0 spiro atoms. The Bertz CT molecular complexity index is 1830. The Hall–Kier alpha value is -4.08. The van der Waals surface area contributed by atoms with E-state index in [1.54, 1.807) is 0 Å². The summed E-state index contributed by atoms with van der Waals surface area (Å²) in [6.07, 6.45) is 0. The molecule has 0 amide bonds. The zero-order chi connectivity index (χ0) is 35.9. The Balaban J connectivity index is 1.61. The van der Waals surface area contributed by atoms with E-state index >= 15 is 0 Å². The Morgan fingerprint density at radius 1 is 0.490 bits per heavy atom. The lowest BCUT2D eigenvalue weighted by Crippen LogP contribution is -2.37. The summed E-state index contributed by atoms with van der Waals surface area (Å²) >= 11 is 0. The van der Waals surface area contributed by atoms with E-state index < -0.39 is 8.07 Å². The largest absolute Gasteiger partial charge is 0.355 e. The van der Waals surface area contributed by atoms with Gasteiger partial charge < -0.3 is 10.2 Å². The Morgan fingerprint density at radius 2 is 0.939 bits per heavy atom. The monoisotopic (exact) mass is 666 g/mol. The Morgan fingerprint density at radius 3 is 1.37 bits per heavy atom. The molecule has 256 valence electrons.